The summed E-state index contributed by atoms with van der Waals surface area (Å²) < 4.78 is 2.08. The van der Waals surface area contributed by atoms with E-state index in [1.165, 1.54) is 4.90 Å². The van der Waals surface area contributed by atoms with Gasteiger partial charge in [0.25, 0.3) is 5.91 Å². The van der Waals surface area contributed by atoms with Crippen LogP contribution in [0.4, 0.5) is 0 Å². The van der Waals surface area contributed by atoms with Crippen LogP contribution in [0.25, 0.3) is 6.08 Å². The molecule has 20 heavy (non-hydrogen) atoms. The maximum absolute atomic E-state index is 12.1. The third-order valence-electron chi connectivity index (χ3n) is 3.77. The molecule has 4 heterocycles. The van der Waals surface area contributed by atoms with Gasteiger partial charge in [-0.1, -0.05) is 17.8 Å². The summed E-state index contributed by atoms with van der Waals surface area (Å²) in [5.41, 5.74) is 1.53. The zero-order valence-corrected chi connectivity index (χ0v) is 11.3. The first-order valence-electron chi connectivity index (χ1n) is 6.34. The predicted octanol–water partition coefficient (Wildman–Crippen LogP) is 0.955. The van der Waals surface area contributed by atoms with Gasteiger partial charge in [-0.15, -0.1) is 0 Å². The van der Waals surface area contributed by atoms with E-state index in [0.29, 0.717) is 12.0 Å². The highest BCUT2D eigenvalue weighted by atomic mass is 32.2. The molecule has 3 aliphatic rings. The summed E-state index contributed by atoms with van der Waals surface area (Å²) in [4.78, 5) is 28.9. The van der Waals surface area contributed by atoms with E-state index in [4.69, 9.17) is 5.11 Å². The molecule has 6 nitrogen and oxygen atoms in total. The van der Waals surface area contributed by atoms with Gasteiger partial charge in [-0.05, 0) is 12.5 Å². The number of carboxylic acids is 1. The SMILES string of the molecule is O=C(O)C1=CC[C@@H]2/C(=C\c3cn4c(n3)SCC4)C(=O)N12. The standard InChI is InChI=1S/C13H11N3O3S/c17-11-8(9-1-2-10(12(18)19)16(9)11)5-7-6-15-3-4-20-13(15)14-7/h2,5-6,9H,1,3-4H2,(H,18,19)/b8-5+/t9-/m1/s1. The second kappa shape index (κ2) is 3.99. The second-order valence-corrected chi connectivity index (χ2v) is 5.97. The molecule has 1 amide bonds. The molecule has 0 unspecified atom stereocenters. The number of thioether (sulfide) groups is 1. The minimum Gasteiger partial charge on any atom is -0.477 e. The van der Waals surface area contributed by atoms with E-state index in [-0.39, 0.29) is 17.6 Å². The highest BCUT2D eigenvalue weighted by Gasteiger charge is 2.48. The van der Waals surface area contributed by atoms with Crippen LogP contribution in [0, 0.1) is 0 Å². The van der Waals surface area contributed by atoms with Crippen molar-refractivity contribution in [1.29, 1.82) is 0 Å². The van der Waals surface area contributed by atoms with Crippen molar-refractivity contribution in [2.24, 2.45) is 0 Å². The first kappa shape index (κ1) is 11.8. The van der Waals surface area contributed by atoms with E-state index in [2.05, 4.69) is 9.55 Å². The first-order chi connectivity index (χ1) is 9.65. The molecule has 1 N–H and O–H groups in total. The molecule has 0 saturated carbocycles. The van der Waals surface area contributed by atoms with E-state index in [0.717, 1.165) is 23.1 Å². The Morgan fingerprint density at radius 1 is 1.55 bits per heavy atom. The molecule has 7 heteroatoms. The molecule has 1 aromatic heterocycles. The number of carbonyl (C=O) groups excluding carboxylic acids is 1. The molecule has 0 bridgehead atoms. The molecule has 102 valence electrons. The van der Waals surface area contributed by atoms with E-state index in [1.807, 2.05) is 6.20 Å². The molecule has 3 aliphatic heterocycles. The van der Waals surface area contributed by atoms with Crippen molar-refractivity contribution in [3.63, 3.8) is 0 Å². The summed E-state index contributed by atoms with van der Waals surface area (Å²) >= 11 is 1.71. The Bertz CT molecular complexity index is 682. The number of imidazole rings is 1. The second-order valence-electron chi connectivity index (χ2n) is 4.91. The van der Waals surface area contributed by atoms with Gasteiger partial charge in [0.15, 0.2) is 5.16 Å². The quantitative estimate of drug-likeness (QED) is 0.648. The summed E-state index contributed by atoms with van der Waals surface area (Å²) in [6.07, 6.45) is 5.91. The molecule has 1 saturated heterocycles. The number of nitrogens with zero attached hydrogens (tertiary/aromatic N) is 3. The molecule has 1 aromatic rings. The van der Waals surface area contributed by atoms with Crippen molar-refractivity contribution in [1.82, 2.24) is 14.5 Å². The summed E-state index contributed by atoms with van der Waals surface area (Å²) in [5, 5.41) is 9.99. The highest BCUT2D eigenvalue weighted by Crippen LogP contribution is 2.39. The normalized spacial score (nSPS) is 25.5. The molecule has 0 aliphatic carbocycles. The fourth-order valence-electron chi connectivity index (χ4n) is 2.83. The lowest BCUT2D eigenvalue weighted by Crippen LogP contribution is -2.52. The fraction of sp³-hybridized carbons (Fsp3) is 0.308. The van der Waals surface area contributed by atoms with Crippen molar-refractivity contribution in [2.45, 2.75) is 24.2 Å². The summed E-state index contributed by atoms with van der Waals surface area (Å²) in [7, 11) is 0. The van der Waals surface area contributed by atoms with Crippen molar-refractivity contribution >= 4 is 29.7 Å². The van der Waals surface area contributed by atoms with Gasteiger partial charge >= 0.3 is 5.97 Å². The van der Waals surface area contributed by atoms with E-state index >= 15 is 0 Å². The Hall–Kier alpha value is -2.02. The third kappa shape index (κ3) is 1.49. The van der Waals surface area contributed by atoms with Gasteiger partial charge in [-0.2, -0.15) is 0 Å². The van der Waals surface area contributed by atoms with Crippen LogP contribution < -0.4 is 0 Å². The molecular formula is C13H11N3O3S. The number of carboxylic acid groups (broad SMARTS) is 1. The molecule has 0 radical (unpaired) electrons. The average molecular weight is 289 g/mol. The van der Waals surface area contributed by atoms with Gasteiger partial charge in [0.2, 0.25) is 0 Å². The van der Waals surface area contributed by atoms with Gasteiger partial charge in [-0.3, -0.25) is 9.69 Å². The molecule has 1 fully saturated rings. The lowest BCUT2D eigenvalue weighted by atomic mass is 9.94. The zero-order chi connectivity index (χ0) is 13.9. The number of β-lactam (4-membered cyclic amide) rings is 1. The Labute approximate surface area is 118 Å². The number of carbonyl (C=O) groups is 2. The van der Waals surface area contributed by atoms with Crippen LogP contribution in [-0.2, 0) is 16.1 Å². The largest absolute Gasteiger partial charge is 0.477 e. The van der Waals surface area contributed by atoms with Gasteiger partial charge in [0.1, 0.15) is 5.70 Å². The Morgan fingerprint density at radius 2 is 2.40 bits per heavy atom. The summed E-state index contributed by atoms with van der Waals surface area (Å²) in [6, 6.07) is -0.127. The number of aliphatic carboxylic acids is 1. The summed E-state index contributed by atoms with van der Waals surface area (Å²) in [5.74, 6) is -0.223. The van der Waals surface area contributed by atoms with Crippen LogP contribution in [-0.4, -0.2) is 43.2 Å². The number of fused-ring (bicyclic) bond motifs is 2. The van der Waals surface area contributed by atoms with Crippen molar-refractivity contribution in [3.05, 3.63) is 29.2 Å². The molecule has 4 rings (SSSR count). The average Bonchev–Trinajstić information content (AvgIpc) is 3.07. The van der Waals surface area contributed by atoms with E-state index in [1.54, 1.807) is 23.9 Å². The number of hydrogen-bond acceptors (Lipinski definition) is 4. The number of amides is 1. The van der Waals surface area contributed by atoms with Crippen LogP contribution in [0.1, 0.15) is 12.1 Å². The van der Waals surface area contributed by atoms with Crippen molar-refractivity contribution in [3.8, 4) is 0 Å². The number of aryl methyl sites for hydroxylation is 1. The zero-order valence-electron chi connectivity index (χ0n) is 10.4. The molecule has 0 aromatic carbocycles. The molecular weight excluding hydrogens is 278 g/mol. The van der Waals surface area contributed by atoms with Crippen LogP contribution in [0.3, 0.4) is 0 Å². The van der Waals surface area contributed by atoms with E-state index < -0.39 is 5.97 Å². The predicted molar refractivity (Wildman–Crippen MR) is 71.9 cm³/mol. The Kier molecular flexibility index (Phi) is 2.35. The van der Waals surface area contributed by atoms with Gasteiger partial charge in [0.05, 0.1) is 11.7 Å². The minimum atomic E-state index is -1.04. The number of aromatic nitrogens is 2. The Morgan fingerprint density at radius 3 is 3.15 bits per heavy atom. The van der Waals surface area contributed by atoms with Crippen molar-refractivity contribution < 1.29 is 14.7 Å². The van der Waals surface area contributed by atoms with Crippen LogP contribution in [0.15, 0.2) is 28.7 Å². The highest BCUT2D eigenvalue weighted by molar-refractivity contribution is 7.99. The summed E-state index contributed by atoms with van der Waals surface area (Å²) in [6.45, 7) is 0.949. The molecule has 1 atom stereocenters. The third-order valence-corrected chi connectivity index (χ3v) is 4.75. The van der Waals surface area contributed by atoms with Crippen LogP contribution >= 0.6 is 11.8 Å². The molecule has 0 spiro atoms. The van der Waals surface area contributed by atoms with Gasteiger partial charge in [-0.25, -0.2) is 9.78 Å². The maximum Gasteiger partial charge on any atom is 0.352 e. The number of rotatable bonds is 2. The lowest BCUT2D eigenvalue weighted by Gasteiger charge is -2.38. The van der Waals surface area contributed by atoms with E-state index in [9.17, 15) is 9.59 Å². The minimum absolute atomic E-state index is 0.0973. The monoisotopic (exact) mass is 289 g/mol. The van der Waals surface area contributed by atoms with Gasteiger partial charge < -0.3 is 9.67 Å². The smallest absolute Gasteiger partial charge is 0.352 e. The topological polar surface area (TPSA) is 75.4 Å². The maximum atomic E-state index is 12.1. The lowest BCUT2D eigenvalue weighted by molar-refractivity contribution is -0.142. The van der Waals surface area contributed by atoms with Crippen LogP contribution in [0.2, 0.25) is 0 Å². The Balaban J connectivity index is 1.61. The van der Waals surface area contributed by atoms with Crippen LogP contribution in [0.5, 0.6) is 0 Å². The van der Waals surface area contributed by atoms with Gasteiger partial charge in [0, 0.05) is 24.1 Å². The fourth-order valence-corrected chi connectivity index (χ4v) is 3.78. The van der Waals surface area contributed by atoms with Crippen molar-refractivity contribution in [2.75, 3.05) is 5.75 Å². The number of hydrogen-bond donors (Lipinski definition) is 1. The first-order valence-corrected chi connectivity index (χ1v) is 7.32.